The second kappa shape index (κ2) is 4.72. The summed E-state index contributed by atoms with van der Waals surface area (Å²) in [5.41, 5.74) is 9.60. The Labute approximate surface area is 121 Å². The van der Waals surface area contributed by atoms with Gasteiger partial charge < -0.3 is 15.1 Å². The van der Waals surface area contributed by atoms with Crippen LogP contribution in [0.5, 0.6) is 0 Å². The Morgan fingerprint density at radius 3 is 2.75 bits per heavy atom. The van der Waals surface area contributed by atoms with E-state index in [2.05, 4.69) is 4.98 Å². The Morgan fingerprint density at radius 2 is 2.00 bits per heavy atom. The van der Waals surface area contributed by atoms with Crippen LogP contribution in [-0.2, 0) is 0 Å². The highest BCUT2D eigenvalue weighted by atomic mass is 35.5. The van der Waals surface area contributed by atoms with Gasteiger partial charge in [0.25, 0.3) is 0 Å². The molecule has 0 unspecified atom stereocenters. The number of nitrogens with zero attached hydrogens (tertiary/aromatic N) is 2. The molecule has 1 heterocycles. The molecule has 3 aromatic rings. The average molecular weight is 288 g/mol. The number of benzene rings is 2. The van der Waals surface area contributed by atoms with Gasteiger partial charge in [-0.15, -0.1) is 0 Å². The van der Waals surface area contributed by atoms with Crippen LogP contribution in [0.25, 0.3) is 22.6 Å². The second-order valence-electron chi connectivity index (χ2n) is 4.81. The van der Waals surface area contributed by atoms with Gasteiger partial charge in [-0.3, -0.25) is 0 Å². The minimum Gasteiger partial charge on any atom is -0.436 e. The van der Waals surface area contributed by atoms with E-state index in [4.69, 9.17) is 21.8 Å². The molecule has 0 saturated heterocycles. The van der Waals surface area contributed by atoms with Crippen LogP contribution in [0.15, 0.2) is 40.8 Å². The summed E-state index contributed by atoms with van der Waals surface area (Å²) in [6, 6.07) is 11.4. The normalized spacial score (nSPS) is 10.9. The lowest BCUT2D eigenvalue weighted by Gasteiger charge is -2.12. The Morgan fingerprint density at radius 1 is 1.20 bits per heavy atom. The average Bonchev–Trinajstić information content (AvgIpc) is 2.82. The van der Waals surface area contributed by atoms with E-state index in [1.54, 1.807) is 12.1 Å². The summed E-state index contributed by atoms with van der Waals surface area (Å²) in [5, 5.41) is 0.486. The van der Waals surface area contributed by atoms with Crippen molar-refractivity contribution in [3.05, 3.63) is 41.4 Å². The number of aromatic nitrogens is 1. The molecule has 2 aromatic carbocycles. The van der Waals surface area contributed by atoms with Crippen molar-refractivity contribution < 1.29 is 4.42 Å². The van der Waals surface area contributed by atoms with Gasteiger partial charge in [-0.2, -0.15) is 0 Å². The van der Waals surface area contributed by atoms with E-state index >= 15 is 0 Å². The van der Waals surface area contributed by atoms with Crippen molar-refractivity contribution in [3.63, 3.8) is 0 Å². The van der Waals surface area contributed by atoms with Crippen LogP contribution < -0.4 is 10.6 Å². The third-order valence-corrected chi connectivity index (χ3v) is 3.44. The largest absolute Gasteiger partial charge is 0.436 e. The first-order valence-electron chi connectivity index (χ1n) is 6.18. The van der Waals surface area contributed by atoms with E-state index in [0.29, 0.717) is 27.7 Å². The number of nitrogen functional groups attached to an aromatic ring is 1. The Bertz CT molecular complexity index is 741. The van der Waals surface area contributed by atoms with Crippen LogP contribution in [0.1, 0.15) is 0 Å². The predicted octanol–water partition coefficient (Wildman–Crippen LogP) is 3.80. The van der Waals surface area contributed by atoms with E-state index < -0.39 is 0 Å². The molecule has 5 heteroatoms. The van der Waals surface area contributed by atoms with Crippen molar-refractivity contribution in [1.82, 2.24) is 4.98 Å². The molecule has 20 heavy (non-hydrogen) atoms. The van der Waals surface area contributed by atoms with E-state index in [0.717, 1.165) is 11.3 Å². The number of fused-ring (bicyclic) bond motifs is 1. The van der Waals surface area contributed by atoms with Crippen molar-refractivity contribution in [3.8, 4) is 11.5 Å². The summed E-state index contributed by atoms with van der Waals surface area (Å²) in [4.78, 5) is 6.49. The Kier molecular flexibility index (Phi) is 3.03. The minimum absolute atomic E-state index is 0.486. The maximum atomic E-state index is 6.00. The number of nitrogens with two attached hydrogens (primary N) is 1. The molecule has 0 bridgehead atoms. The Hall–Kier alpha value is -2.20. The van der Waals surface area contributed by atoms with Gasteiger partial charge in [0.15, 0.2) is 5.58 Å². The number of anilines is 2. The molecule has 3 rings (SSSR count). The molecule has 0 fully saturated rings. The third-order valence-electron chi connectivity index (χ3n) is 3.12. The molecule has 2 N–H and O–H groups in total. The van der Waals surface area contributed by atoms with Crippen LogP contribution in [0.4, 0.5) is 11.4 Å². The number of oxazole rings is 1. The minimum atomic E-state index is 0.486. The highest BCUT2D eigenvalue weighted by Crippen LogP contribution is 2.30. The first-order chi connectivity index (χ1) is 9.54. The molecule has 0 aliphatic rings. The molecule has 0 aliphatic heterocycles. The lowest BCUT2D eigenvalue weighted by molar-refractivity contribution is 0.620. The lowest BCUT2D eigenvalue weighted by Crippen LogP contribution is -2.08. The number of hydrogen-bond donors (Lipinski definition) is 1. The number of rotatable bonds is 2. The Balaban J connectivity index is 2.12. The number of halogens is 1. The summed E-state index contributed by atoms with van der Waals surface area (Å²) in [7, 11) is 3.98. The van der Waals surface area contributed by atoms with Crippen LogP contribution in [0.2, 0.25) is 5.02 Å². The molecular formula is C15H14ClN3O. The van der Waals surface area contributed by atoms with Crippen molar-refractivity contribution in [2.45, 2.75) is 0 Å². The number of hydrogen-bond acceptors (Lipinski definition) is 4. The fourth-order valence-electron chi connectivity index (χ4n) is 2.00. The molecule has 0 aliphatic carbocycles. The molecule has 0 radical (unpaired) electrons. The molecule has 0 spiro atoms. The predicted molar refractivity (Wildman–Crippen MR) is 83.2 cm³/mol. The third kappa shape index (κ3) is 2.18. The van der Waals surface area contributed by atoms with Crippen LogP contribution in [0, 0.1) is 0 Å². The van der Waals surface area contributed by atoms with Gasteiger partial charge >= 0.3 is 0 Å². The van der Waals surface area contributed by atoms with Gasteiger partial charge in [-0.05, 0) is 24.3 Å². The second-order valence-corrected chi connectivity index (χ2v) is 5.21. The standard InChI is InChI=1S/C15H14ClN3O/c1-19(2)10-5-3-4-9(6-10)15-18-13-7-11(16)12(17)8-14(13)20-15/h3-8H,17H2,1-2H3. The van der Waals surface area contributed by atoms with Crippen molar-refractivity contribution in [1.29, 1.82) is 0 Å². The van der Waals surface area contributed by atoms with Crippen molar-refractivity contribution >= 4 is 34.1 Å². The maximum absolute atomic E-state index is 6.00. The van der Waals surface area contributed by atoms with Gasteiger partial charge in [0.05, 0.1) is 10.7 Å². The van der Waals surface area contributed by atoms with E-state index in [1.165, 1.54) is 0 Å². The molecule has 0 saturated carbocycles. The molecule has 4 nitrogen and oxygen atoms in total. The van der Waals surface area contributed by atoms with Crippen molar-refractivity contribution in [2.75, 3.05) is 24.7 Å². The van der Waals surface area contributed by atoms with Crippen LogP contribution in [-0.4, -0.2) is 19.1 Å². The quantitative estimate of drug-likeness (QED) is 0.729. The van der Waals surface area contributed by atoms with Gasteiger partial charge in [0.1, 0.15) is 5.52 Å². The van der Waals surface area contributed by atoms with E-state index in [1.807, 2.05) is 43.3 Å². The molecule has 1 aromatic heterocycles. The van der Waals surface area contributed by atoms with Gasteiger partial charge in [-0.25, -0.2) is 4.98 Å². The van der Waals surface area contributed by atoms with E-state index in [-0.39, 0.29) is 0 Å². The lowest BCUT2D eigenvalue weighted by atomic mass is 10.2. The first kappa shape index (κ1) is 12.8. The highest BCUT2D eigenvalue weighted by Gasteiger charge is 2.11. The molecule has 0 atom stereocenters. The first-order valence-corrected chi connectivity index (χ1v) is 6.56. The highest BCUT2D eigenvalue weighted by molar-refractivity contribution is 6.33. The summed E-state index contributed by atoms with van der Waals surface area (Å²) in [6.07, 6.45) is 0. The summed E-state index contributed by atoms with van der Waals surface area (Å²) < 4.78 is 5.76. The van der Waals surface area contributed by atoms with Gasteiger partial charge in [0.2, 0.25) is 5.89 Å². The van der Waals surface area contributed by atoms with E-state index in [9.17, 15) is 0 Å². The van der Waals surface area contributed by atoms with Gasteiger partial charge in [-0.1, -0.05) is 17.7 Å². The zero-order chi connectivity index (χ0) is 14.3. The van der Waals surface area contributed by atoms with Crippen LogP contribution >= 0.6 is 11.6 Å². The maximum Gasteiger partial charge on any atom is 0.227 e. The summed E-state index contributed by atoms with van der Waals surface area (Å²) in [6.45, 7) is 0. The monoisotopic (exact) mass is 287 g/mol. The van der Waals surface area contributed by atoms with Gasteiger partial charge in [0, 0.05) is 31.4 Å². The molecule has 102 valence electrons. The fraction of sp³-hybridized carbons (Fsp3) is 0.133. The summed E-state index contributed by atoms with van der Waals surface area (Å²) in [5.74, 6) is 0.561. The molecular weight excluding hydrogens is 274 g/mol. The van der Waals surface area contributed by atoms with Crippen molar-refractivity contribution in [2.24, 2.45) is 0 Å². The zero-order valence-electron chi connectivity index (χ0n) is 11.2. The zero-order valence-corrected chi connectivity index (χ0v) is 12.0. The van der Waals surface area contributed by atoms with Crippen LogP contribution in [0.3, 0.4) is 0 Å². The fourth-order valence-corrected chi connectivity index (χ4v) is 2.16. The molecule has 0 amide bonds. The summed E-state index contributed by atoms with van der Waals surface area (Å²) >= 11 is 6.00. The SMILES string of the molecule is CN(C)c1cccc(-c2nc3cc(Cl)c(N)cc3o2)c1. The smallest absolute Gasteiger partial charge is 0.227 e. The topological polar surface area (TPSA) is 55.3 Å².